The number of benzene rings is 1. The molecule has 0 fully saturated rings. The van der Waals surface area contributed by atoms with E-state index in [1.807, 2.05) is 30.3 Å². The first-order valence-electron chi connectivity index (χ1n) is 5.22. The molecule has 0 saturated heterocycles. The molecule has 1 heterocycles. The summed E-state index contributed by atoms with van der Waals surface area (Å²) in [5.41, 5.74) is 4.25. The molecule has 0 bridgehead atoms. The highest BCUT2D eigenvalue weighted by molar-refractivity contribution is 5.28. The van der Waals surface area contributed by atoms with E-state index in [9.17, 15) is 0 Å². The van der Waals surface area contributed by atoms with Crippen LogP contribution in [0.1, 0.15) is 18.2 Å². The van der Waals surface area contributed by atoms with E-state index >= 15 is 0 Å². The van der Waals surface area contributed by atoms with Gasteiger partial charge in [0.1, 0.15) is 5.69 Å². The maximum Gasteiger partial charge on any atom is 0.102 e. The van der Waals surface area contributed by atoms with Crippen LogP contribution in [0, 0.1) is 12.3 Å². The van der Waals surface area contributed by atoms with Crippen LogP contribution in [-0.4, -0.2) is 15.0 Å². The minimum atomic E-state index is -0.169. The van der Waals surface area contributed by atoms with E-state index in [-0.39, 0.29) is 6.04 Å². The van der Waals surface area contributed by atoms with Crippen LogP contribution < -0.4 is 11.3 Å². The van der Waals surface area contributed by atoms with Gasteiger partial charge in [0.25, 0.3) is 0 Å². The Morgan fingerprint density at radius 1 is 1.41 bits per heavy atom. The maximum atomic E-state index is 5.42. The van der Waals surface area contributed by atoms with E-state index in [0.29, 0.717) is 6.42 Å². The number of rotatable bonds is 4. The van der Waals surface area contributed by atoms with E-state index in [0.717, 1.165) is 11.4 Å². The van der Waals surface area contributed by atoms with E-state index in [1.54, 1.807) is 11.0 Å². The third kappa shape index (κ3) is 2.50. The fraction of sp³-hybridized carbons (Fsp3) is 0.167. The molecule has 3 N–H and O–H groups in total. The molecule has 1 atom stereocenters. The van der Waals surface area contributed by atoms with Gasteiger partial charge in [0, 0.05) is 6.42 Å². The van der Waals surface area contributed by atoms with E-state index in [1.165, 1.54) is 0 Å². The number of terminal acetylenes is 1. The first kappa shape index (κ1) is 11.3. The average Bonchev–Trinajstić information content (AvgIpc) is 2.86. The Morgan fingerprint density at radius 2 is 2.18 bits per heavy atom. The maximum absolute atomic E-state index is 5.42. The monoisotopic (exact) mass is 227 g/mol. The van der Waals surface area contributed by atoms with Crippen LogP contribution in [0.15, 0.2) is 36.5 Å². The van der Waals surface area contributed by atoms with Gasteiger partial charge in [0.05, 0.1) is 17.9 Å². The van der Waals surface area contributed by atoms with Crippen molar-refractivity contribution in [2.75, 3.05) is 0 Å². The minimum absolute atomic E-state index is 0.169. The van der Waals surface area contributed by atoms with Crippen molar-refractivity contribution in [3.05, 3.63) is 42.2 Å². The van der Waals surface area contributed by atoms with Crippen molar-refractivity contribution >= 4 is 0 Å². The van der Waals surface area contributed by atoms with Gasteiger partial charge in [0.2, 0.25) is 0 Å². The fourth-order valence-corrected chi connectivity index (χ4v) is 1.49. The summed E-state index contributed by atoms with van der Waals surface area (Å²) in [5.74, 6) is 7.96. The second kappa shape index (κ2) is 5.25. The lowest BCUT2D eigenvalue weighted by atomic mass is 10.2. The molecule has 0 aliphatic rings. The number of hydrogen-bond acceptors (Lipinski definition) is 4. The van der Waals surface area contributed by atoms with Gasteiger partial charge >= 0.3 is 0 Å². The van der Waals surface area contributed by atoms with Crippen LogP contribution in [0.3, 0.4) is 0 Å². The molecule has 0 aliphatic carbocycles. The summed E-state index contributed by atoms with van der Waals surface area (Å²) >= 11 is 0. The highest BCUT2D eigenvalue weighted by atomic mass is 15.5. The van der Waals surface area contributed by atoms with Crippen LogP contribution in [-0.2, 0) is 0 Å². The Kier molecular flexibility index (Phi) is 3.50. The van der Waals surface area contributed by atoms with E-state index in [4.69, 9.17) is 12.3 Å². The smallest absolute Gasteiger partial charge is 0.102 e. The van der Waals surface area contributed by atoms with Gasteiger partial charge in [-0.3, -0.25) is 11.3 Å². The molecule has 2 rings (SSSR count). The van der Waals surface area contributed by atoms with Crippen molar-refractivity contribution in [1.82, 2.24) is 20.4 Å². The zero-order valence-corrected chi connectivity index (χ0v) is 9.24. The highest BCUT2D eigenvalue weighted by Crippen LogP contribution is 2.13. The van der Waals surface area contributed by atoms with Gasteiger partial charge in [-0.05, 0) is 12.1 Å². The largest absolute Gasteiger partial charge is 0.271 e. The quantitative estimate of drug-likeness (QED) is 0.460. The van der Waals surface area contributed by atoms with Gasteiger partial charge < -0.3 is 0 Å². The molecular formula is C12H13N5. The summed E-state index contributed by atoms with van der Waals surface area (Å²) in [4.78, 5) is 1.55. The summed E-state index contributed by atoms with van der Waals surface area (Å²) in [7, 11) is 0. The SMILES string of the molecule is C#CCC(NN)c1cnn(-c2ccccc2)n1. The summed E-state index contributed by atoms with van der Waals surface area (Å²) in [6.07, 6.45) is 7.40. The molecule has 86 valence electrons. The normalized spacial score (nSPS) is 12.0. The van der Waals surface area contributed by atoms with Crippen LogP contribution in [0.5, 0.6) is 0 Å². The number of hydrogen-bond donors (Lipinski definition) is 2. The summed E-state index contributed by atoms with van der Waals surface area (Å²) in [6.45, 7) is 0. The second-order valence-corrected chi connectivity index (χ2v) is 3.52. The van der Waals surface area contributed by atoms with Gasteiger partial charge in [-0.1, -0.05) is 18.2 Å². The van der Waals surface area contributed by atoms with E-state index < -0.39 is 0 Å². The van der Waals surface area contributed by atoms with Gasteiger partial charge in [-0.15, -0.1) is 12.3 Å². The van der Waals surface area contributed by atoms with Gasteiger partial charge in [0.15, 0.2) is 0 Å². The minimum Gasteiger partial charge on any atom is -0.271 e. The topological polar surface area (TPSA) is 68.8 Å². The number of aromatic nitrogens is 3. The Morgan fingerprint density at radius 3 is 2.82 bits per heavy atom. The van der Waals surface area contributed by atoms with Gasteiger partial charge in [-0.2, -0.15) is 15.0 Å². The number of nitrogens with two attached hydrogens (primary N) is 1. The van der Waals surface area contributed by atoms with Crippen LogP contribution in [0.2, 0.25) is 0 Å². The molecule has 0 saturated carbocycles. The summed E-state index contributed by atoms with van der Waals surface area (Å²) in [5, 5.41) is 8.52. The molecule has 17 heavy (non-hydrogen) atoms. The summed E-state index contributed by atoms with van der Waals surface area (Å²) in [6, 6.07) is 9.48. The lowest BCUT2D eigenvalue weighted by Crippen LogP contribution is -2.28. The van der Waals surface area contributed by atoms with Crippen molar-refractivity contribution in [2.45, 2.75) is 12.5 Å². The predicted octanol–water partition coefficient (Wildman–Crippen LogP) is 0.795. The fourth-order valence-electron chi connectivity index (χ4n) is 1.49. The number of nitrogens with zero attached hydrogens (tertiary/aromatic N) is 3. The summed E-state index contributed by atoms with van der Waals surface area (Å²) < 4.78 is 0. The first-order valence-corrected chi connectivity index (χ1v) is 5.22. The first-order chi connectivity index (χ1) is 8.35. The molecule has 1 unspecified atom stereocenters. The Labute approximate surface area is 99.6 Å². The van der Waals surface area contributed by atoms with Gasteiger partial charge in [-0.25, -0.2) is 0 Å². The van der Waals surface area contributed by atoms with Crippen LogP contribution in [0.25, 0.3) is 5.69 Å². The standard InChI is InChI=1S/C12H13N5/c1-2-6-11(15-13)12-9-14-17(16-12)10-7-4-3-5-8-10/h1,3-5,7-9,11,15H,6,13H2. The number of nitrogens with one attached hydrogen (secondary N) is 1. The Bertz CT molecular complexity index is 511. The molecule has 0 spiro atoms. The molecule has 5 heteroatoms. The van der Waals surface area contributed by atoms with Crippen molar-refractivity contribution in [3.63, 3.8) is 0 Å². The highest BCUT2D eigenvalue weighted by Gasteiger charge is 2.12. The van der Waals surface area contributed by atoms with Crippen molar-refractivity contribution in [1.29, 1.82) is 0 Å². The molecular weight excluding hydrogens is 214 g/mol. The molecule has 0 amide bonds. The second-order valence-electron chi connectivity index (χ2n) is 3.52. The van der Waals surface area contributed by atoms with Crippen molar-refractivity contribution < 1.29 is 0 Å². The third-order valence-electron chi connectivity index (χ3n) is 2.38. The van der Waals surface area contributed by atoms with Crippen LogP contribution >= 0.6 is 0 Å². The molecule has 1 aromatic heterocycles. The number of para-hydroxylation sites is 1. The Hall–Kier alpha value is -2.16. The molecule has 1 aromatic carbocycles. The lowest BCUT2D eigenvalue weighted by molar-refractivity contribution is 0.547. The molecule has 5 nitrogen and oxygen atoms in total. The van der Waals surface area contributed by atoms with Crippen LogP contribution in [0.4, 0.5) is 0 Å². The Balaban J connectivity index is 2.24. The zero-order valence-electron chi connectivity index (χ0n) is 9.24. The predicted molar refractivity (Wildman–Crippen MR) is 64.9 cm³/mol. The number of hydrazine groups is 1. The molecule has 2 aromatic rings. The third-order valence-corrected chi connectivity index (χ3v) is 2.38. The molecule has 0 radical (unpaired) electrons. The zero-order chi connectivity index (χ0) is 12.1. The van der Waals surface area contributed by atoms with Crippen molar-refractivity contribution in [2.24, 2.45) is 5.84 Å². The molecule has 0 aliphatic heterocycles. The van der Waals surface area contributed by atoms with E-state index in [2.05, 4.69) is 21.5 Å². The lowest BCUT2D eigenvalue weighted by Gasteiger charge is -2.08. The average molecular weight is 227 g/mol. The van der Waals surface area contributed by atoms with Crippen molar-refractivity contribution in [3.8, 4) is 18.0 Å².